The highest BCUT2D eigenvalue weighted by Crippen LogP contribution is 2.26. The van der Waals surface area contributed by atoms with Gasteiger partial charge < -0.3 is 4.74 Å². The highest BCUT2D eigenvalue weighted by molar-refractivity contribution is 5.89. The van der Waals surface area contributed by atoms with E-state index in [1.807, 2.05) is 30.4 Å². The van der Waals surface area contributed by atoms with Gasteiger partial charge in [-0.25, -0.2) is 4.79 Å². The Balaban J connectivity index is 2.10. The Bertz CT molecular complexity index is 426. The minimum absolute atomic E-state index is 0.268. The maximum atomic E-state index is 11.5. The zero-order chi connectivity index (χ0) is 12.3. The predicted molar refractivity (Wildman–Crippen MR) is 66.0 cm³/mol. The van der Waals surface area contributed by atoms with Crippen LogP contribution in [0.1, 0.15) is 35.3 Å². The summed E-state index contributed by atoms with van der Waals surface area (Å²) in [6, 6.07) is 7.81. The third kappa shape index (κ3) is 2.46. The molecule has 0 radical (unpaired) electrons. The highest BCUT2D eigenvalue weighted by Gasteiger charge is 2.19. The lowest BCUT2D eigenvalue weighted by Gasteiger charge is -2.19. The first-order chi connectivity index (χ1) is 8.22. The van der Waals surface area contributed by atoms with Gasteiger partial charge in [-0.1, -0.05) is 12.1 Å². The molecule has 1 atom stereocenters. The van der Waals surface area contributed by atoms with Crippen LogP contribution < -0.4 is 0 Å². The molecule has 2 rings (SSSR count). The van der Waals surface area contributed by atoms with Crippen LogP contribution in [0.25, 0.3) is 0 Å². The lowest BCUT2D eigenvalue weighted by atomic mass is 10.0. The van der Waals surface area contributed by atoms with E-state index in [9.17, 15) is 4.79 Å². The van der Waals surface area contributed by atoms with Crippen LogP contribution in [-0.2, 0) is 4.74 Å². The number of esters is 1. The number of hydrogen-bond acceptors (Lipinski definition) is 4. The van der Waals surface area contributed by atoms with Gasteiger partial charge in [0.05, 0.1) is 18.2 Å². The van der Waals surface area contributed by atoms with Crippen molar-refractivity contribution in [1.29, 1.82) is 0 Å². The van der Waals surface area contributed by atoms with Gasteiger partial charge in [-0.3, -0.25) is 5.01 Å². The quantitative estimate of drug-likeness (QED) is 0.750. The van der Waals surface area contributed by atoms with E-state index in [1.54, 1.807) is 19.1 Å². The maximum Gasteiger partial charge on any atom is 0.338 e. The van der Waals surface area contributed by atoms with Crippen LogP contribution in [0.2, 0.25) is 0 Å². The summed E-state index contributed by atoms with van der Waals surface area (Å²) >= 11 is 0. The second-order valence-corrected chi connectivity index (χ2v) is 3.97. The highest BCUT2D eigenvalue weighted by atomic mass is 16.5. The number of ether oxygens (including phenoxy) is 1. The minimum atomic E-state index is -0.268. The second kappa shape index (κ2) is 4.99. The monoisotopic (exact) mass is 232 g/mol. The molecule has 0 N–H and O–H groups in total. The smallest absolute Gasteiger partial charge is 0.338 e. The van der Waals surface area contributed by atoms with Crippen molar-refractivity contribution in [2.75, 3.05) is 13.7 Å². The van der Waals surface area contributed by atoms with Gasteiger partial charge in [-0.2, -0.15) is 5.10 Å². The van der Waals surface area contributed by atoms with Gasteiger partial charge in [0.25, 0.3) is 0 Å². The van der Waals surface area contributed by atoms with Crippen LogP contribution in [0.3, 0.4) is 0 Å². The van der Waals surface area contributed by atoms with Crippen LogP contribution in [0.4, 0.5) is 0 Å². The lowest BCUT2D eigenvalue weighted by Crippen LogP contribution is -2.14. The van der Waals surface area contributed by atoms with Crippen molar-refractivity contribution < 1.29 is 9.53 Å². The molecule has 4 heteroatoms. The van der Waals surface area contributed by atoms with E-state index in [1.165, 1.54) is 0 Å². The van der Waals surface area contributed by atoms with Crippen molar-refractivity contribution in [1.82, 2.24) is 5.01 Å². The number of hydrazone groups is 1. The molecule has 1 aliphatic heterocycles. The van der Waals surface area contributed by atoms with Crippen LogP contribution >= 0.6 is 0 Å². The Morgan fingerprint density at radius 1 is 1.47 bits per heavy atom. The molecule has 0 amide bonds. The first-order valence-corrected chi connectivity index (χ1v) is 5.74. The molecule has 0 spiro atoms. The fourth-order valence-electron chi connectivity index (χ4n) is 1.92. The molecule has 0 fully saturated rings. The summed E-state index contributed by atoms with van der Waals surface area (Å²) in [6.07, 6.45) is 2.82. The summed E-state index contributed by atoms with van der Waals surface area (Å²) in [7, 11) is 1.95. The van der Waals surface area contributed by atoms with E-state index in [-0.39, 0.29) is 12.0 Å². The predicted octanol–water partition coefficient (Wildman–Crippen LogP) is 2.23. The first kappa shape index (κ1) is 11.6. The Morgan fingerprint density at radius 2 is 2.18 bits per heavy atom. The van der Waals surface area contributed by atoms with Gasteiger partial charge in [0, 0.05) is 19.7 Å². The third-order valence-electron chi connectivity index (χ3n) is 2.85. The van der Waals surface area contributed by atoms with Gasteiger partial charge in [0.2, 0.25) is 0 Å². The summed E-state index contributed by atoms with van der Waals surface area (Å²) in [4.78, 5) is 11.5. The molecule has 1 aromatic rings. The SMILES string of the molecule is CCOC(=O)c1ccc(C2CC=NN2C)cc1. The van der Waals surface area contributed by atoms with Gasteiger partial charge in [-0.15, -0.1) is 0 Å². The Labute approximate surface area is 101 Å². The van der Waals surface area contributed by atoms with Crippen molar-refractivity contribution in [2.45, 2.75) is 19.4 Å². The van der Waals surface area contributed by atoms with Crippen LogP contribution in [-0.4, -0.2) is 30.8 Å². The molecule has 0 saturated carbocycles. The number of carbonyl (C=O) groups is 1. The fraction of sp³-hybridized carbons (Fsp3) is 0.385. The molecule has 1 unspecified atom stereocenters. The number of nitrogens with zero attached hydrogens (tertiary/aromatic N) is 2. The molecule has 4 nitrogen and oxygen atoms in total. The molecule has 90 valence electrons. The molecule has 1 aliphatic rings. The van der Waals surface area contributed by atoms with E-state index < -0.39 is 0 Å². The molecule has 0 aromatic heterocycles. The summed E-state index contributed by atoms with van der Waals surface area (Å²) < 4.78 is 4.94. The molecule has 17 heavy (non-hydrogen) atoms. The molecule has 0 saturated heterocycles. The van der Waals surface area contributed by atoms with E-state index in [4.69, 9.17) is 4.74 Å². The average Bonchev–Trinajstić information content (AvgIpc) is 2.76. The van der Waals surface area contributed by atoms with E-state index in [0.717, 1.165) is 12.0 Å². The van der Waals surface area contributed by atoms with Crippen molar-refractivity contribution in [3.8, 4) is 0 Å². The minimum Gasteiger partial charge on any atom is -0.462 e. The molecule has 0 bridgehead atoms. The standard InChI is InChI=1S/C13H16N2O2/c1-3-17-13(16)11-6-4-10(5-7-11)12-8-9-14-15(12)2/h4-7,9,12H,3,8H2,1-2H3. The Hall–Kier alpha value is -1.84. The summed E-state index contributed by atoms with van der Waals surface area (Å²) in [6.45, 7) is 2.21. The first-order valence-electron chi connectivity index (χ1n) is 5.74. The topological polar surface area (TPSA) is 41.9 Å². The van der Waals surface area contributed by atoms with Gasteiger partial charge >= 0.3 is 5.97 Å². The maximum absolute atomic E-state index is 11.5. The van der Waals surface area contributed by atoms with Crippen molar-refractivity contribution >= 4 is 12.2 Å². The van der Waals surface area contributed by atoms with Gasteiger partial charge in [0.1, 0.15) is 0 Å². The third-order valence-corrected chi connectivity index (χ3v) is 2.85. The van der Waals surface area contributed by atoms with Crippen LogP contribution in [0.5, 0.6) is 0 Å². The largest absolute Gasteiger partial charge is 0.462 e. The molecule has 0 aliphatic carbocycles. The van der Waals surface area contributed by atoms with E-state index >= 15 is 0 Å². The van der Waals surface area contributed by atoms with Crippen LogP contribution in [0.15, 0.2) is 29.4 Å². The Kier molecular flexibility index (Phi) is 3.42. The second-order valence-electron chi connectivity index (χ2n) is 3.97. The number of rotatable bonds is 3. The summed E-state index contributed by atoms with van der Waals surface area (Å²) in [5.41, 5.74) is 1.76. The van der Waals surface area contributed by atoms with Gasteiger partial charge in [-0.05, 0) is 24.6 Å². The summed E-state index contributed by atoms with van der Waals surface area (Å²) in [5.74, 6) is -0.268. The van der Waals surface area contributed by atoms with Crippen LogP contribution in [0, 0.1) is 0 Å². The molecule has 1 aromatic carbocycles. The summed E-state index contributed by atoms with van der Waals surface area (Å²) in [5, 5.41) is 6.13. The number of benzene rings is 1. The molecular formula is C13H16N2O2. The molecule has 1 heterocycles. The van der Waals surface area contributed by atoms with E-state index in [2.05, 4.69) is 5.10 Å². The average molecular weight is 232 g/mol. The fourth-order valence-corrected chi connectivity index (χ4v) is 1.92. The van der Waals surface area contributed by atoms with Gasteiger partial charge in [0.15, 0.2) is 0 Å². The number of hydrogen-bond donors (Lipinski definition) is 0. The zero-order valence-corrected chi connectivity index (χ0v) is 10.1. The lowest BCUT2D eigenvalue weighted by molar-refractivity contribution is 0.0526. The van der Waals surface area contributed by atoms with E-state index in [0.29, 0.717) is 12.2 Å². The van der Waals surface area contributed by atoms with Crippen molar-refractivity contribution in [3.63, 3.8) is 0 Å². The zero-order valence-electron chi connectivity index (χ0n) is 10.1. The molecular weight excluding hydrogens is 216 g/mol. The Morgan fingerprint density at radius 3 is 2.71 bits per heavy atom. The van der Waals surface area contributed by atoms with Crippen molar-refractivity contribution in [2.24, 2.45) is 5.10 Å². The number of carbonyl (C=O) groups excluding carboxylic acids is 1. The van der Waals surface area contributed by atoms with Crippen molar-refractivity contribution in [3.05, 3.63) is 35.4 Å². The normalized spacial score (nSPS) is 18.5.